The first-order chi connectivity index (χ1) is 58.8. The summed E-state index contributed by atoms with van der Waals surface area (Å²) in [5.41, 5.74) is 13.6. The Labute approximate surface area is 785 Å². The summed E-state index contributed by atoms with van der Waals surface area (Å²) in [6, 6.07) is 1.46. The lowest BCUT2D eigenvalue weighted by atomic mass is 9.75. The third-order valence-corrected chi connectivity index (χ3v) is 29.1. The van der Waals surface area contributed by atoms with Crippen LogP contribution in [0.4, 0.5) is 0 Å². The molecular weight excluding hydrogens is 1610 g/mol. The first kappa shape index (κ1) is 103. The van der Waals surface area contributed by atoms with Gasteiger partial charge in [0.05, 0.1) is 18.3 Å². The Morgan fingerprint density at radius 3 is 0.899 bits per heavy atom. The molecule has 129 heavy (non-hydrogen) atoms. The smallest absolute Gasteiger partial charge is 0.157 e. The number of hydrazine groups is 4. The van der Waals surface area contributed by atoms with Gasteiger partial charge in [0.1, 0.15) is 23.3 Å². The molecule has 0 aromatic carbocycles. The molecule has 0 aromatic rings. The van der Waals surface area contributed by atoms with Gasteiger partial charge >= 0.3 is 0 Å². The molecule has 0 bridgehead atoms. The molecule has 0 amide bonds. The van der Waals surface area contributed by atoms with Crippen molar-refractivity contribution in [1.82, 2.24) is 110 Å². The van der Waals surface area contributed by atoms with Gasteiger partial charge in [-0.05, 0) is 396 Å². The van der Waals surface area contributed by atoms with Gasteiger partial charge in [0.25, 0.3) is 0 Å². The Hall–Kier alpha value is -4.49. The second kappa shape index (κ2) is 37.4. The van der Waals surface area contributed by atoms with Crippen LogP contribution in [-0.4, -0.2) is 233 Å². The fourth-order valence-electron chi connectivity index (χ4n) is 28.6. The van der Waals surface area contributed by atoms with Gasteiger partial charge in [-0.25, -0.2) is 20.5 Å². The van der Waals surface area contributed by atoms with Gasteiger partial charge in [-0.2, -0.15) is 0 Å². The maximum absolute atomic E-state index is 7.38. The van der Waals surface area contributed by atoms with E-state index in [1.54, 1.807) is 5.28 Å². The summed E-state index contributed by atoms with van der Waals surface area (Å²) in [6.45, 7) is 88.3. The number of nitrogens with one attached hydrogen (secondary N) is 14. The normalized spacial score (nSPS) is 29.2. The lowest BCUT2D eigenvalue weighted by Crippen LogP contribution is -2.69. The molecule has 12 aliphatic rings. The third-order valence-electron chi connectivity index (χ3n) is 29.1. The van der Waals surface area contributed by atoms with E-state index in [0.29, 0.717) is 6.54 Å². The zero-order valence-corrected chi connectivity index (χ0v) is 88.8. The highest BCUT2D eigenvalue weighted by atomic mass is 16.8. The van der Waals surface area contributed by atoms with Crippen molar-refractivity contribution in [3.05, 3.63) is 35.7 Å². The van der Waals surface area contributed by atoms with Crippen LogP contribution >= 0.6 is 0 Å². The number of hydrogen-bond donors (Lipinski definition) is 14. The monoisotopic (exact) mass is 1800 g/mol. The number of unbranched alkanes of at least 4 members (excludes halogenated alkanes) is 6. The van der Waals surface area contributed by atoms with E-state index in [1.807, 2.05) is 10.6 Å². The largest absolute Gasteiger partial charge is 0.370 e. The SMILES string of the molecule is CC1(C)CC(ON2N=C(N(C3CC(C)(C)NC(C)(C)C3)C3CC(C)(C)NC(C)(C)C3)C=C(NCCCCCCN(CCCCCCN=C3C=C(N(C4CC(C)(C)NC(C)(C)C4)C4CC(C)(C)NC(C)(C)C4)NN(OC4CC(C)(C)NC(C)(C)C4)N3)C3=NN(OC4CC(C)(C)NC(C)(C)C4)NC(N(C4CC(C)(C)NC(C)(C)C4)C4CC(C)(C)NC(C)(C)C4)=C3)N2)CC(C)(C)N1. The molecule has 9 saturated heterocycles. The van der Waals surface area contributed by atoms with Crippen molar-refractivity contribution in [2.75, 3.05) is 26.2 Å². The lowest BCUT2D eigenvalue weighted by molar-refractivity contribution is -0.263. The van der Waals surface area contributed by atoms with Crippen molar-refractivity contribution in [3.8, 4) is 0 Å². The highest BCUT2D eigenvalue weighted by Crippen LogP contribution is 2.46. The van der Waals surface area contributed by atoms with E-state index in [9.17, 15) is 0 Å². The number of piperidine rings is 9. The molecule has 0 spiro atoms. The molecule has 0 aliphatic carbocycles. The predicted octanol–water partition coefficient (Wildman–Crippen LogP) is 16.0. The molecule has 740 valence electrons. The molecule has 14 N–H and O–H groups in total. The Balaban J connectivity index is 0.829. The summed E-state index contributed by atoms with van der Waals surface area (Å²) in [7, 11) is 0. The average molecular weight is 1800 g/mol. The summed E-state index contributed by atoms with van der Waals surface area (Å²) in [6.07, 6.45) is 32.2. The van der Waals surface area contributed by atoms with Gasteiger partial charge in [0.2, 0.25) is 0 Å². The second-order valence-electron chi connectivity index (χ2n) is 54.9. The Morgan fingerprint density at radius 2 is 0.566 bits per heavy atom. The van der Waals surface area contributed by atoms with E-state index < -0.39 is 0 Å². The molecule has 27 nitrogen and oxygen atoms in total. The number of hydrogen-bond acceptors (Lipinski definition) is 26. The van der Waals surface area contributed by atoms with Crippen LogP contribution in [0.5, 0.6) is 0 Å². The molecule has 0 aromatic heterocycles. The predicted molar refractivity (Wildman–Crippen MR) is 534 cm³/mol. The average Bonchev–Trinajstić information content (AvgIpc) is 0.758. The quantitative estimate of drug-likeness (QED) is 0.0311. The summed E-state index contributed by atoms with van der Waals surface area (Å²) in [4.78, 5) is 38.1. The van der Waals surface area contributed by atoms with E-state index in [0.717, 1.165) is 222 Å². The fraction of sp³-hybridized carbons (Fsp3) is 0.912. The van der Waals surface area contributed by atoms with E-state index >= 15 is 0 Å². The third kappa shape index (κ3) is 29.8. The Bertz CT molecular complexity index is 3740. The topological polar surface area (TPSA) is 256 Å². The van der Waals surface area contributed by atoms with Crippen LogP contribution in [0, 0.1) is 0 Å². The molecule has 27 heteroatoms. The summed E-state index contributed by atoms with van der Waals surface area (Å²) in [5.74, 6) is 5.79. The van der Waals surface area contributed by atoms with Crippen LogP contribution in [0.15, 0.2) is 50.9 Å². The minimum absolute atomic E-state index is 0.0357. The first-order valence-corrected chi connectivity index (χ1v) is 51.2. The molecule has 9 fully saturated rings. The minimum atomic E-state index is -0.139. The summed E-state index contributed by atoms with van der Waals surface area (Å²) in [5, 5.41) is 56.6. The molecule has 12 heterocycles. The zero-order valence-electron chi connectivity index (χ0n) is 88.8. The van der Waals surface area contributed by atoms with Gasteiger partial charge in [-0.1, -0.05) is 36.2 Å². The molecule has 12 rings (SSSR count). The summed E-state index contributed by atoms with van der Waals surface area (Å²) < 4.78 is 0. The molecule has 0 unspecified atom stereocenters. The van der Waals surface area contributed by atoms with E-state index in [-0.39, 0.29) is 154 Å². The molecule has 0 saturated carbocycles. The molecule has 0 radical (unpaired) electrons. The van der Waals surface area contributed by atoms with Crippen molar-refractivity contribution in [2.24, 2.45) is 15.2 Å². The maximum atomic E-state index is 7.38. The van der Waals surface area contributed by atoms with E-state index in [2.05, 4.69) is 362 Å². The van der Waals surface area contributed by atoms with Gasteiger partial charge in [0.15, 0.2) is 11.7 Å². The van der Waals surface area contributed by atoms with Gasteiger partial charge in [-0.3, -0.25) is 20.7 Å². The first-order valence-electron chi connectivity index (χ1n) is 51.2. The van der Waals surface area contributed by atoms with Crippen LogP contribution in [0.1, 0.15) is 416 Å². The van der Waals surface area contributed by atoms with Crippen molar-refractivity contribution >= 4 is 17.5 Å². The lowest BCUT2D eigenvalue weighted by Gasteiger charge is -2.57. The van der Waals surface area contributed by atoms with Crippen LogP contribution < -0.4 is 74.9 Å². The number of aliphatic imine (C=N–C) groups is 1. The molecular formula is C102H194N24O3. The number of rotatable bonds is 29. The number of nitrogens with zero attached hydrogens (tertiary/aromatic N) is 10. The van der Waals surface area contributed by atoms with E-state index in [1.165, 1.54) is 0 Å². The fourth-order valence-corrected chi connectivity index (χ4v) is 28.6. The minimum Gasteiger partial charge on any atom is -0.370 e. The van der Waals surface area contributed by atoms with Crippen LogP contribution in [-0.2, 0) is 14.5 Å². The maximum Gasteiger partial charge on any atom is 0.157 e. The van der Waals surface area contributed by atoms with Crippen molar-refractivity contribution in [1.29, 1.82) is 0 Å². The van der Waals surface area contributed by atoms with Crippen LogP contribution in [0.2, 0.25) is 0 Å². The van der Waals surface area contributed by atoms with Gasteiger partial charge < -0.3 is 72.8 Å². The highest BCUT2D eigenvalue weighted by Gasteiger charge is 2.54. The van der Waals surface area contributed by atoms with Gasteiger partial charge in [-0.15, -0.1) is 10.2 Å². The van der Waals surface area contributed by atoms with Crippen molar-refractivity contribution in [2.45, 2.75) is 570 Å². The van der Waals surface area contributed by atoms with Crippen LogP contribution in [0.25, 0.3) is 0 Å². The molecule has 0 atom stereocenters. The van der Waals surface area contributed by atoms with Crippen molar-refractivity contribution < 1.29 is 14.5 Å². The number of hydrazone groups is 2. The number of amidine groups is 3. The van der Waals surface area contributed by atoms with Crippen LogP contribution in [0.3, 0.4) is 0 Å². The molecule has 12 aliphatic heterocycles. The second-order valence-corrected chi connectivity index (χ2v) is 54.9. The summed E-state index contributed by atoms with van der Waals surface area (Å²) >= 11 is 0. The van der Waals surface area contributed by atoms with Gasteiger partial charge in [0, 0.05) is 180 Å². The zero-order chi connectivity index (χ0) is 95.2. The van der Waals surface area contributed by atoms with Crippen molar-refractivity contribution in [3.63, 3.8) is 0 Å². The standard InChI is InChI=1S/C102H194N24O3/c1-85(2)52-70(53-86(3,4)111-85)121(71-54-87(5,6)112-88(7,8)55-71)82-49-79(105-124(108-82)127-76-64-97(25,26)117-98(27,28)65-76)103-45-41-37-39-43-47-120(81-51-84(110-126(107-81)129-78-68-101(33,34)119-102(35,36)69-78)123(74-60-93(17,18)115-94(19,20)61-74)75-62-95(21,22)116-96(23,24)63-75)48-44-40-38-42-46-104-80-50-83(109-125(106-80)128-77-66-99(29,30)118-100(31,32)67-77)122(72-56-89(9,10)113-90(11,12)57-72)73-58-91(13,14)114-92(15,16)59-73/h49-51,70-78,103,105,109-119H,37-48,52-69H2,1-36H3,(H,104,106). The Morgan fingerprint density at radius 1 is 0.295 bits per heavy atom. The van der Waals surface area contributed by atoms with E-state index in [4.69, 9.17) is 29.7 Å². The highest BCUT2D eigenvalue weighted by molar-refractivity contribution is 5.95. The Kier molecular flexibility index (Phi) is 30.0.